The molecule has 0 aromatic heterocycles. The molecule has 6 rings (SSSR count). The first-order valence-corrected chi connectivity index (χ1v) is 17.5. The first-order chi connectivity index (χ1) is 20.6. The molecule has 0 heterocycles. The number of aryl methyl sites for hydroxylation is 1. The highest BCUT2D eigenvalue weighted by atomic mass is 19.1. The van der Waals surface area contributed by atoms with Crippen molar-refractivity contribution in [1.29, 1.82) is 0 Å². The Balaban J connectivity index is 1.25. The van der Waals surface area contributed by atoms with Crippen LogP contribution >= 0.6 is 0 Å². The molecule has 0 radical (unpaired) electrons. The highest BCUT2D eigenvalue weighted by molar-refractivity contribution is 5.76. The Kier molecular flexibility index (Phi) is 7.73. The zero-order chi connectivity index (χ0) is 31.9. The van der Waals surface area contributed by atoms with Gasteiger partial charge in [0.05, 0.1) is 5.41 Å². The summed E-state index contributed by atoms with van der Waals surface area (Å²) in [5.41, 5.74) is 1.78. The van der Waals surface area contributed by atoms with Gasteiger partial charge in [0.25, 0.3) is 0 Å². The maximum atomic E-state index is 13.6. The van der Waals surface area contributed by atoms with E-state index in [0.717, 1.165) is 63.4 Å². The third-order valence-corrected chi connectivity index (χ3v) is 15.1. The predicted octanol–water partition coefficient (Wildman–Crippen LogP) is 9.41. The van der Waals surface area contributed by atoms with Crippen molar-refractivity contribution in [3.8, 4) is 0 Å². The highest BCUT2D eigenvalue weighted by Gasteiger charge is 2.69. The molecule has 5 aliphatic rings. The molecule has 1 aromatic rings. The van der Waals surface area contributed by atoms with E-state index < -0.39 is 11.4 Å². The Labute approximate surface area is 264 Å². The molecule has 242 valence electrons. The average Bonchev–Trinajstić information content (AvgIpc) is 2.95. The van der Waals surface area contributed by atoms with E-state index in [1.165, 1.54) is 17.7 Å². The third kappa shape index (κ3) is 4.48. The second kappa shape index (κ2) is 10.7. The van der Waals surface area contributed by atoms with E-state index in [2.05, 4.69) is 54.5 Å². The molecule has 0 bridgehead atoms. The molecule has 1 unspecified atom stereocenters. The molecule has 44 heavy (non-hydrogen) atoms. The summed E-state index contributed by atoms with van der Waals surface area (Å²) in [7, 11) is 0. The van der Waals surface area contributed by atoms with Crippen molar-refractivity contribution < 1.29 is 23.8 Å². The number of carboxylic acids is 1. The molecule has 1 N–H and O–H groups in total. The summed E-state index contributed by atoms with van der Waals surface area (Å²) >= 11 is 0. The molecule has 10 atom stereocenters. The summed E-state index contributed by atoms with van der Waals surface area (Å²) in [5, 5.41) is 10.7. The molecule has 0 amide bonds. The summed E-state index contributed by atoms with van der Waals surface area (Å²) in [6.07, 6.45) is 11.9. The first kappa shape index (κ1) is 31.8. The lowest BCUT2D eigenvalue weighted by atomic mass is 9.33. The number of aliphatic carboxylic acids is 1. The highest BCUT2D eigenvalue weighted by Crippen LogP contribution is 2.75. The number of carboxylic acid groups (broad SMARTS) is 1. The number of carbonyl (C=O) groups excluding carboxylic acids is 1. The maximum absolute atomic E-state index is 13.6. The molecule has 4 nitrogen and oxygen atoms in total. The zero-order valence-electron chi connectivity index (χ0n) is 28.2. The summed E-state index contributed by atoms with van der Waals surface area (Å²) < 4.78 is 19.9. The number of benzene rings is 1. The molecule has 0 aliphatic heterocycles. The van der Waals surface area contributed by atoms with Crippen LogP contribution in [0.25, 0.3) is 0 Å². The van der Waals surface area contributed by atoms with Crippen molar-refractivity contribution in [2.45, 2.75) is 125 Å². The zero-order valence-corrected chi connectivity index (χ0v) is 28.2. The number of rotatable bonds is 5. The van der Waals surface area contributed by atoms with E-state index in [4.69, 9.17) is 4.74 Å². The number of allylic oxidation sites excluding steroid dienone is 2. The standard InChI is InChI=1S/C39H55FO4/c1-24-15-20-39(34(42)43)22-21-37(6)28(33(39)25(24)2)12-13-30-36(5)18-17-31(35(3,4)29(36)16-19-38(30,37)7)44-32(41)14-11-26-9-8-10-27(40)23-26/h8-10,12,23-25,29-31,33H,11,13-22H2,1-7H3,(H,42,43)/t24-,25+,29?,30-,31+,33+,36+,37-,38-,39+/m1/s1. The number of hydrogen-bond donors (Lipinski definition) is 1. The van der Waals surface area contributed by atoms with Crippen LogP contribution in [0.3, 0.4) is 0 Å². The number of hydrogen-bond acceptors (Lipinski definition) is 3. The fraction of sp³-hybridized carbons (Fsp3) is 0.744. The first-order valence-electron chi connectivity index (χ1n) is 17.5. The van der Waals surface area contributed by atoms with Crippen LogP contribution < -0.4 is 0 Å². The molecule has 5 heteroatoms. The Morgan fingerprint density at radius 1 is 0.955 bits per heavy atom. The van der Waals surface area contributed by atoms with Crippen LogP contribution in [0.1, 0.15) is 118 Å². The van der Waals surface area contributed by atoms with E-state index in [0.29, 0.717) is 30.1 Å². The second-order valence-electron chi connectivity index (χ2n) is 17.1. The SMILES string of the molecule is C[C@H]1[C@H](C)CC[C@]2(C(=O)O)CC[C@]3(C)C(=CC[C@@H]4[C@@]5(C)CC[C@H](OC(=O)CCc6cccc(F)c6)C(C)(C)C5CC[C@]43C)[C@H]12. The Morgan fingerprint density at radius 3 is 2.41 bits per heavy atom. The number of carbonyl (C=O) groups is 2. The van der Waals surface area contributed by atoms with E-state index in [-0.39, 0.29) is 51.9 Å². The molecule has 4 saturated carbocycles. The second-order valence-corrected chi connectivity index (χ2v) is 17.1. The molecular weight excluding hydrogens is 551 g/mol. The Hall–Kier alpha value is -2.17. The van der Waals surface area contributed by atoms with Gasteiger partial charge in [-0.25, -0.2) is 4.39 Å². The van der Waals surface area contributed by atoms with Crippen molar-refractivity contribution >= 4 is 11.9 Å². The van der Waals surface area contributed by atoms with Crippen molar-refractivity contribution in [3.63, 3.8) is 0 Å². The van der Waals surface area contributed by atoms with Gasteiger partial charge in [-0.05, 0) is 128 Å². The van der Waals surface area contributed by atoms with Gasteiger partial charge in [0.1, 0.15) is 11.9 Å². The number of esters is 1. The van der Waals surface area contributed by atoms with Crippen LogP contribution in [0.2, 0.25) is 0 Å². The van der Waals surface area contributed by atoms with Gasteiger partial charge in [0.15, 0.2) is 0 Å². The monoisotopic (exact) mass is 606 g/mol. The minimum atomic E-state index is -0.611. The maximum Gasteiger partial charge on any atom is 0.310 e. The van der Waals surface area contributed by atoms with Gasteiger partial charge in [-0.15, -0.1) is 0 Å². The van der Waals surface area contributed by atoms with Crippen LogP contribution in [0, 0.1) is 62.5 Å². The lowest BCUT2D eigenvalue weighted by Crippen LogP contribution is -2.65. The number of ether oxygens (including phenoxy) is 1. The molecule has 0 spiro atoms. The predicted molar refractivity (Wildman–Crippen MR) is 171 cm³/mol. The van der Waals surface area contributed by atoms with E-state index in [9.17, 15) is 19.1 Å². The van der Waals surface area contributed by atoms with Crippen LogP contribution in [0.15, 0.2) is 35.9 Å². The van der Waals surface area contributed by atoms with Crippen molar-refractivity contribution in [3.05, 3.63) is 47.3 Å². The number of halogens is 1. The van der Waals surface area contributed by atoms with Gasteiger partial charge < -0.3 is 9.84 Å². The molecule has 0 saturated heterocycles. The van der Waals surface area contributed by atoms with Crippen molar-refractivity contribution in [2.24, 2.45) is 56.7 Å². The fourth-order valence-corrected chi connectivity index (χ4v) is 12.2. The van der Waals surface area contributed by atoms with E-state index in [1.54, 1.807) is 6.07 Å². The van der Waals surface area contributed by atoms with Crippen molar-refractivity contribution in [2.75, 3.05) is 0 Å². The van der Waals surface area contributed by atoms with Gasteiger partial charge in [-0.3, -0.25) is 9.59 Å². The minimum Gasteiger partial charge on any atom is -0.481 e. The molecule has 5 aliphatic carbocycles. The largest absolute Gasteiger partial charge is 0.481 e. The van der Waals surface area contributed by atoms with Gasteiger partial charge in [0, 0.05) is 11.8 Å². The van der Waals surface area contributed by atoms with Crippen LogP contribution in [-0.2, 0) is 20.7 Å². The van der Waals surface area contributed by atoms with Gasteiger partial charge in [-0.1, -0.05) is 72.2 Å². The van der Waals surface area contributed by atoms with Crippen molar-refractivity contribution in [1.82, 2.24) is 0 Å². The summed E-state index contributed by atoms with van der Waals surface area (Å²) in [5.74, 6) is 0.974. The summed E-state index contributed by atoms with van der Waals surface area (Å²) in [4.78, 5) is 26.0. The topological polar surface area (TPSA) is 63.6 Å². The summed E-state index contributed by atoms with van der Waals surface area (Å²) in [6.45, 7) is 16.9. The quantitative estimate of drug-likeness (QED) is 0.268. The normalized spacial score (nSPS) is 44.2. The van der Waals surface area contributed by atoms with Gasteiger partial charge >= 0.3 is 11.9 Å². The Bertz CT molecular complexity index is 1350. The molecular formula is C39H55FO4. The van der Waals surface area contributed by atoms with Crippen LogP contribution in [-0.4, -0.2) is 23.1 Å². The average molecular weight is 607 g/mol. The smallest absolute Gasteiger partial charge is 0.310 e. The van der Waals surface area contributed by atoms with E-state index >= 15 is 0 Å². The lowest BCUT2D eigenvalue weighted by Gasteiger charge is -2.71. The fourth-order valence-electron chi connectivity index (χ4n) is 12.2. The lowest BCUT2D eigenvalue weighted by molar-refractivity contribution is -0.214. The van der Waals surface area contributed by atoms with Crippen LogP contribution in [0.5, 0.6) is 0 Å². The molecule has 1 aromatic carbocycles. The third-order valence-electron chi connectivity index (χ3n) is 15.1. The van der Waals surface area contributed by atoms with Gasteiger partial charge in [-0.2, -0.15) is 0 Å². The summed E-state index contributed by atoms with van der Waals surface area (Å²) in [6, 6.07) is 6.47. The molecule has 4 fully saturated rings. The van der Waals surface area contributed by atoms with E-state index in [1.807, 2.05) is 6.07 Å². The van der Waals surface area contributed by atoms with Gasteiger partial charge in [0.2, 0.25) is 0 Å². The van der Waals surface area contributed by atoms with Crippen LogP contribution in [0.4, 0.5) is 4.39 Å². The number of fused-ring (bicyclic) bond motifs is 7. The minimum absolute atomic E-state index is 0.00318. The Morgan fingerprint density at radius 2 is 1.70 bits per heavy atom.